The Hall–Kier alpha value is -1.48. The number of rotatable bonds is 1. The summed E-state index contributed by atoms with van der Waals surface area (Å²) < 4.78 is 0. The van der Waals surface area contributed by atoms with Gasteiger partial charge in [0, 0.05) is 25.2 Å². The standard InChI is InChI=1S/C11H13NO2.C2H4/c13-10-1-5-11(14,6-2-10)9-3-7-12-8-4-9;1-2/h3-4,7-8,14H,1-2,5-6H2;1-2H2. The lowest BCUT2D eigenvalue weighted by molar-refractivity contribution is -0.125. The van der Waals surface area contributed by atoms with Gasteiger partial charge in [0.15, 0.2) is 0 Å². The molecule has 1 fully saturated rings. The highest BCUT2D eigenvalue weighted by Crippen LogP contribution is 2.35. The second-order valence-electron chi connectivity index (χ2n) is 3.81. The van der Waals surface area contributed by atoms with Crippen molar-refractivity contribution in [3.8, 4) is 0 Å². The average Bonchev–Trinajstić information content (AvgIpc) is 2.37. The van der Waals surface area contributed by atoms with Crippen molar-refractivity contribution in [3.63, 3.8) is 0 Å². The molecule has 0 radical (unpaired) electrons. The Morgan fingerprint density at radius 2 is 1.69 bits per heavy atom. The normalized spacial score (nSPS) is 18.4. The highest BCUT2D eigenvalue weighted by atomic mass is 16.3. The summed E-state index contributed by atoms with van der Waals surface area (Å²) in [6, 6.07) is 3.63. The molecule has 3 heteroatoms. The van der Waals surface area contributed by atoms with Gasteiger partial charge in [0.1, 0.15) is 5.78 Å². The summed E-state index contributed by atoms with van der Waals surface area (Å²) in [5.41, 5.74) is 0.0663. The largest absolute Gasteiger partial charge is 0.385 e. The Bertz CT molecular complexity index is 338. The van der Waals surface area contributed by atoms with Gasteiger partial charge in [0.2, 0.25) is 0 Å². The molecule has 1 aromatic rings. The van der Waals surface area contributed by atoms with Gasteiger partial charge >= 0.3 is 0 Å². The van der Waals surface area contributed by atoms with Crippen LogP contribution in [0, 0.1) is 0 Å². The lowest BCUT2D eigenvalue weighted by Gasteiger charge is -2.31. The first-order valence-electron chi connectivity index (χ1n) is 5.35. The first-order valence-corrected chi connectivity index (χ1v) is 5.35. The molecule has 1 aromatic heterocycles. The van der Waals surface area contributed by atoms with Gasteiger partial charge in [-0.25, -0.2) is 0 Å². The van der Waals surface area contributed by atoms with Crippen LogP contribution >= 0.6 is 0 Å². The second kappa shape index (κ2) is 5.56. The highest BCUT2D eigenvalue weighted by Gasteiger charge is 2.33. The quantitative estimate of drug-likeness (QED) is 0.737. The Kier molecular flexibility index (Phi) is 4.38. The number of nitrogens with zero attached hydrogens (tertiary/aromatic N) is 1. The smallest absolute Gasteiger partial charge is 0.133 e. The van der Waals surface area contributed by atoms with E-state index in [0.29, 0.717) is 25.7 Å². The zero-order valence-corrected chi connectivity index (χ0v) is 9.35. The fourth-order valence-electron chi connectivity index (χ4n) is 1.89. The fraction of sp³-hybridized carbons (Fsp3) is 0.385. The third-order valence-electron chi connectivity index (χ3n) is 2.85. The Morgan fingerprint density at radius 1 is 1.19 bits per heavy atom. The van der Waals surface area contributed by atoms with Gasteiger partial charge in [-0.2, -0.15) is 0 Å². The van der Waals surface area contributed by atoms with E-state index >= 15 is 0 Å². The zero-order chi connectivity index (χ0) is 12.0. The molecule has 1 saturated carbocycles. The Balaban J connectivity index is 0.000000606. The van der Waals surface area contributed by atoms with E-state index in [9.17, 15) is 9.90 Å². The number of carbonyl (C=O) groups excluding carboxylic acids is 1. The van der Waals surface area contributed by atoms with E-state index in [-0.39, 0.29) is 5.78 Å². The molecule has 0 aromatic carbocycles. The maximum absolute atomic E-state index is 11.1. The predicted octanol–water partition coefficient (Wildman–Crippen LogP) is 2.21. The maximum Gasteiger partial charge on any atom is 0.133 e. The van der Waals surface area contributed by atoms with Crippen LogP contribution in [0.5, 0.6) is 0 Å². The van der Waals surface area contributed by atoms with Crippen LogP contribution in [0.1, 0.15) is 31.2 Å². The van der Waals surface area contributed by atoms with Crippen LogP contribution in [0.3, 0.4) is 0 Å². The van der Waals surface area contributed by atoms with Crippen molar-refractivity contribution in [2.75, 3.05) is 0 Å². The predicted molar refractivity (Wildman–Crippen MR) is 62.9 cm³/mol. The van der Waals surface area contributed by atoms with Gasteiger partial charge in [-0.3, -0.25) is 9.78 Å². The van der Waals surface area contributed by atoms with Crippen molar-refractivity contribution < 1.29 is 9.90 Å². The van der Waals surface area contributed by atoms with Crippen molar-refractivity contribution in [3.05, 3.63) is 43.2 Å². The molecule has 3 nitrogen and oxygen atoms in total. The molecule has 1 aliphatic carbocycles. The van der Waals surface area contributed by atoms with E-state index in [2.05, 4.69) is 18.1 Å². The Labute approximate surface area is 95.8 Å². The minimum absolute atomic E-state index is 0.253. The number of Topliss-reactive ketones (excluding diaryl/α,β-unsaturated/α-hetero) is 1. The van der Waals surface area contributed by atoms with Gasteiger partial charge in [-0.15, -0.1) is 13.2 Å². The molecule has 0 spiro atoms. The number of carbonyl (C=O) groups is 1. The molecule has 0 amide bonds. The third kappa shape index (κ3) is 2.76. The number of ketones is 1. The summed E-state index contributed by atoms with van der Waals surface area (Å²) in [6.07, 6.45) is 5.39. The van der Waals surface area contributed by atoms with Crippen molar-refractivity contribution in [1.29, 1.82) is 0 Å². The van der Waals surface area contributed by atoms with Gasteiger partial charge in [0.25, 0.3) is 0 Å². The van der Waals surface area contributed by atoms with Gasteiger partial charge in [0.05, 0.1) is 5.60 Å². The van der Waals surface area contributed by atoms with Crippen LogP contribution in [0.25, 0.3) is 0 Å². The van der Waals surface area contributed by atoms with Crippen LogP contribution in [-0.4, -0.2) is 15.9 Å². The fourth-order valence-corrected chi connectivity index (χ4v) is 1.89. The molecule has 0 bridgehead atoms. The van der Waals surface area contributed by atoms with Crippen LogP contribution < -0.4 is 0 Å². The topological polar surface area (TPSA) is 50.2 Å². The first-order chi connectivity index (χ1) is 7.71. The summed E-state index contributed by atoms with van der Waals surface area (Å²) in [7, 11) is 0. The van der Waals surface area contributed by atoms with E-state index in [1.807, 2.05) is 12.1 Å². The summed E-state index contributed by atoms with van der Waals surface area (Å²) >= 11 is 0. The van der Waals surface area contributed by atoms with Crippen molar-refractivity contribution in [2.45, 2.75) is 31.3 Å². The molecule has 0 unspecified atom stereocenters. The lowest BCUT2D eigenvalue weighted by Crippen LogP contribution is -2.31. The number of pyridine rings is 1. The van der Waals surface area contributed by atoms with E-state index in [0.717, 1.165) is 5.56 Å². The number of aliphatic hydroxyl groups is 1. The molecule has 1 heterocycles. The molecular formula is C13H17NO2. The Morgan fingerprint density at radius 3 is 2.19 bits per heavy atom. The van der Waals surface area contributed by atoms with Crippen LogP contribution in [0.4, 0.5) is 0 Å². The molecule has 0 aliphatic heterocycles. The average molecular weight is 219 g/mol. The van der Waals surface area contributed by atoms with Gasteiger partial charge < -0.3 is 5.11 Å². The molecule has 16 heavy (non-hydrogen) atoms. The molecule has 0 saturated heterocycles. The highest BCUT2D eigenvalue weighted by molar-refractivity contribution is 5.79. The minimum Gasteiger partial charge on any atom is -0.385 e. The maximum atomic E-state index is 11.1. The van der Waals surface area contributed by atoms with Gasteiger partial charge in [-0.1, -0.05) is 0 Å². The molecule has 2 rings (SSSR count). The number of hydrogen-bond donors (Lipinski definition) is 1. The first kappa shape index (κ1) is 12.6. The van der Waals surface area contributed by atoms with E-state index in [1.165, 1.54) is 0 Å². The summed E-state index contributed by atoms with van der Waals surface area (Å²) in [6.45, 7) is 6.00. The minimum atomic E-state index is -0.809. The van der Waals surface area contributed by atoms with E-state index in [1.54, 1.807) is 12.4 Å². The van der Waals surface area contributed by atoms with E-state index < -0.39 is 5.60 Å². The SMILES string of the molecule is C=C.O=C1CCC(O)(c2ccncc2)CC1. The van der Waals surface area contributed by atoms with Crippen LogP contribution in [0.2, 0.25) is 0 Å². The molecular weight excluding hydrogens is 202 g/mol. The molecule has 86 valence electrons. The monoisotopic (exact) mass is 219 g/mol. The molecule has 1 N–H and O–H groups in total. The molecule has 1 aliphatic rings. The number of aromatic nitrogens is 1. The summed E-state index contributed by atoms with van der Waals surface area (Å²) in [4.78, 5) is 15.0. The lowest BCUT2D eigenvalue weighted by atomic mass is 9.79. The van der Waals surface area contributed by atoms with Crippen molar-refractivity contribution in [2.24, 2.45) is 0 Å². The van der Waals surface area contributed by atoms with Crippen molar-refractivity contribution >= 4 is 5.78 Å². The van der Waals surface area contributed by atoms with Crippen LogP contribution in [-0.2, 0) is 10.4 Å². The van der Waals surface area contributed by atoms with Crippen LogP contribution in [0.15, 0.2) is 37.7 Å². The summed E-state index contributed by atoms with van der Waals surface area (Å²) in [5.74, 6) is 0.253. The summed E-state index contributed by atoms with van der Waals surface area (Å²) in [5, 5.41) is 10.3. The number of hydrogen-bond acceptors (Lipinski definition) is 3. The van der Waals surface area contributed by atoms with Crippen molar-refractivity contribution in [1.82, 2.24) is 4.98 Å². The van der Waals surface area contributed by atoms with E-state index in [4.69, 9.17) is 0 Å². The van der Waals surface area contributed by atoms with Gasteiger partial charge in [-0.05, 0) is 30.5 Å². The zero-order valence-electron chi connectivity index (χ0n) is 9.35. The molecule has 0 atom stereocenters. The second-order valence-corrected chi connectivity index (χ2v) is 3.81. The third-order valence-corrected chi connectivity index (χ3v) is 2.85.